The molecule has 0 aliphatic carbocycles. The van der Waals surface area contributed by atoms with Crippen molar-refractivity contribution in [3.8, 4) is 0 Å². The number of halogens is 2. The summed E-state index contributed by atoms with van der Waals surface area (Å²) in [6.07, 6.45) is -0.426. The van der Waals surface area contributed by atoms with E-state index >= 15 is 8.90 Å². The van der Waals surface area contributed by atoms with Gasteiger partial charge in [-0.25, -0.2) is 0 Å². The number of hydrogen-bond donors (Lipinski definition) is 1. The minimum Gasteiger partial charge on any atom is -0.394 e. The normalized spacial score (nSPS) is 24.3. The zero-order valence-electron chi connectivity index (χ0n) is 30.8. The smallest absolute Gasteiger partial charge is 0.264 e. The maximum atomic E-state index is 16.6. The highest BCUT2D eigenvalue weighted by atomic mass is 79.9. The summed E-state index contributed by atoms with van der Waals surface area (Å²) in [5, 5.41) is 12.2. The predicted molar refractivity (Wildman–Crippen MR) is 216 cm³/mol. The zero-order chi connectivity index (χ0) is 38.4. The first kappa shape index (κ1) is 36.0. The van der Waals surface area contributed by atoms with E-state index in [1.807, 2.05) is 110 Å². The molecule has 0 saturated carbocycles. The lowest BCUT2D eigenvalue weighted by atomic mass is 9.82. The van der Waals surface area contributed by atoms with Crippen molar-refractivity contribution in [2.45, 2.75) is 69.2 Å². The zero-order valence-corrected chi connectivity index (χ0v) is 33.4. The first-order chi connectivity index (χ1) is 26.4. The first-order valence-electron chi connectivity index (χ1n) is 18.8. The fraction of sp³-hybridized carbons (Fsp3) is 0.295. The lowest BCUT2D eigenvalue weighted by Gasteiger charge is -2.37. The van der Waals surface area contributed by atoms with Crippen molar-refractivity contribution in [1.82, 2.24) is 4.90 Å². The topological polar surface area (TPSA) is 90.4 Å². The molecule has 3 amide bonds. The minimum absolute atomic E-state index is 0.104. The average molecular weight is 819 g/mol. The van der Waals surface area contributed by atoms with Crippen LogP contribution in [0.15, 0.2) is 108 Å². The Balaban J connectivity index is 1.04. The molecular formula is C44H41BrFN3O5Si. The number of aliphatic hydroxyl groups excluding tert-OH is 1. The van der Waals surface area contributed by atoms with Crippen LogP contribution in [-0.2, 0) is 39.4 Å². The molecular weight excluding hydrogens is 777 g/mol. The number of carbonyl (C=O) groups excluding carboxylic acids is 3. The molecule has 0 bridgehead atoms. The number of fused-ring (bicyclic) bond motifs is 3. The molecule has 1 fully saturated rings. The van der Waals surface area contributed by atoms with Crippen molar-refractivity contribution >= 4 is 69.9 Å². The molecule has 8 nitrogen and oxygen atoms in total. The van der Waals surface area contributed by atoms with Gasteiger partial charge in [0, 0.05) is 39.1 Å². The second-order valence-electron chi connectivity index (χ2n) is 15.8. The van der Waals surface area contributed by atoms with Crippen LogP contribution in [0.2, 0.25) is 18.6 Å². The van der Waals surface area contributed by atoms with Crippen molar-refractivity contribution in [2.75, 3.05) is 16.4 Å². The van der Waals surface area contributed by atoms with Crippen LogP contribution in [0.4, 0.5) is 21.2 Å². The van der Waals surface area contributed by atoms with Gasteiger partial charge in [0.1, 0.15) is 0 Å². The van der Waals surface area contributed by atoms with Crippen LogP contribution in [0.1, 0.15) is 46.0 Å². The van der Waals surface area contributed by atoms with Gasteiger partial charge >= 0.3 is 0 Å². The van der Waals surface area contributed by atoms with Gasteiger partial charge in [-0.3, -0.25) is 19.3 Å². The van der Waals surface area contributed by atoms with E-state index in [0.717, 1.165) is 37.6 Å². The van der Waals surface area contributed by atoms with Crippen molar-refractivity contribution in [3.05, 3.63) is 135 Å². The van der Waals surface area contributed by atoms with Gasteiger partial charge in [-0.05, 0) is 84.1 Å². The lowest BCUT2D eigenvalue weighted by molar-refractivity contribution is -0.151. The Morgan fingerprint density at radius 3 is 2.45 bits per heavy atom. The van der Waals surface area contributed by atoms with E-state index in [9.17, 15) is 14.7 Å². The fourth-order valence-corrected chi connectivity index (χ4v) is 12.7. The van der Waals surface area contributed by atoms with Gasteiger partial charge in [-0.1, -0.05) is 83.5 Å². The van der Waals surface area contributed by atoms with Crippen molar-refractivity contribution in [3.63, 3.8) is 0 Å². The highest BCUT2D eigenvalue weighted by Crippen LogP contribution is 2.61. The van der Waals surface area contributed by atoms with E-state index in [4.69, 9.17) is 4.74 Å². The quantitative estimate of drug-likeness (QED) is 0.131. The molecule has 0 radical (unpaired) electrons. The standard InChI is InChI=1S/C44H41BrFN3O5Si/c1-26-41(55(2,3)46)38(22-39(51)47-24-30-11-5-4-10-29(30)20-33(47)25-50)54-44(26)35-21-31(45)17-18-36(35)48(43(44)53)23-27-9-6-14-32(19-27)49-37-16-8-13-28-12-7-15-34(40(28)37)42(49)52/h4-19,21,26,33,38,41,50H,20,22-25H2,1-3H3/t26-,33+,38+,41-,44+/m1/s1. The molecule has 55 heavy (non-hydrogen) atoms. The predicted octanol–water partition coefficient (Wildman–Crippen LogP) is 8.55. The molecule has 1 N–H and O–H groups in total. The van der Waals surface area contributed by atoms with Crippen LogP contribution >= 0.6 is 15.9 Å². The molecule has 1 spiro atoms. The Bertz CT molecular complexity index is 2410. The summed E-state index contributed by atoms with van der Waals surface area (Å²) in [5.41, 5.74) is 4.23. The van der Waals surface area contributed by atoms with Crippen LogP contribution in [0, 0.1) is 5.92 Å². The van der Waals surface area contributed by atoms with Gasteiger partial charge < -0.3 is 23.8 Å². The van der Waals surface area contributed by atoms with Crippen LogP contribution in [0.3, 0.4) is 0 Å². The second-order valence-corrected chi connectivity index (χ2v) is 20.6. The summed E-state index contributed by atoms with van der Waals surface area (Å²) in [6, 6.07) is 32.5. The van der Waals surface area contributed by atoms with Crippen LogP contribution in [0.5, 0.6) is 0 Å². The molecule has 1 saturated heterocycles. The number of nitrogens with zero attached hydrogens (tertiary/aromatic N) is 3. The van der Waals surface area contributed by atoms with Crippen LogP contribution in [-0.4, -0.2) is 54.9 Å². The maximum Gasteiger partial charge on any atom is 0.264 e. The molecule has 0 aromatic heterocycles. The van der Waals surface area contributed by atoms with Gasteiger partial charge in [0.25, 0.3) is 11.8 Å². The Labute approximate surface area is 328 Å². The van der Waals surface area contributed by atoms with E-state index in [1.165, 1.54) is 0 Å². The highest BCUT2D eigenvalue weighted by molar-refractivity contribution is 9.10. The number of amides is 3. The van der Waals surface area contributed by atoms with Gasteiger partial charge in [0.15, 0.2) is 5.60 Å². The third-order valence-corrected chi connectivity index (χ3v) is 15.2. The van der Waals surface area contributed by atoms with E-state index in [2.05, 4.69) is 15.9 Å². The summed E-state index contributed by atoms with van der Waals surface area (Å²) < 4.78 is 24.3. The summed E-state index contributed by atoms with van der Waals surface area (Å²) in [6.45, 7) is 5.49. The molecule has 5 atom stereocenters. The van der Waals surface area contributed by atoms with E-state index in [0.29, 0.717) is 35.5 Å². The SMILES string of the molecule is C[C@@H]1[C@@H]([Si](C)(C)F)[C@H](CC(=O)N2Cc3ccccc3C[C@H]2CO)O[C@@]12C(=O)N(Cc1cccc(N3C(=O)c4cccc5cccc3c45)c1)c1ccc(Br)cc12. The van der Waals surface area contributed by atoms with E-state index in [1.54, 1.807) is 27.8 Å². The molecule has 4 aliphatic heterocycles. The summed E-state index contributed by atoms with van der Waals surface area (Å²) in [4.78, 5) is 48.2. The number of anilines is 3. The molecule has 11 heteroatoms. The van der Waals surface area contributed by atoms with Crippen molar-refractivity contribution < 1.29 is 28.3 Å². The van der Waals surface area contributed by atoms with Crippen LogP contribution in [0.25, 0.3) is 10.8 Å². The Morgan fingerprint density at radius 2 is 1.69 bits per heavy atom. The average Bonchev–Trinajstić information content (AvgIpc) is 3.72. The van der Waals surface area contributed by atoms with Gasteiger partial charge in [-0.2, -0.15) is 0 Å². The monoisotopic (exact) mass is 817 g/mol. The van der Waals surface area contributed by atoms with E-state index < -0.39 is 37.6 Å². The van der Waals surface area contributed by atoms with Crippen molar-refractivity contribution in [2.24, 2.45) is 5.92 Å². The highest BCUT2D eigenvalue weighted by Gasteiger charge is 2.67. The largest absolute Gasteiger partial charge is 0.394 e. The molecule has 4 heterocycles. The maximum absolute atomic E-state index is 16.6. The first-order valence-corrected chi connectivity index (χ1v) is 22.6. The Kier molecular flexibility index (Phi) is 8.65. The number of ether oxygens (including phenoxy) is 1. The molecule has 5 aromatic rings. The number of aliphatic hydroxyl groups is 1. The number of hydrogen-bond acceptors (Lipinski definition) is 5. The minimum atomic E-state index is -3.54. The van der Waals surface area contributed by atoms with Crippen LogP contribution < -0.4 is 9.80 Å². The molecule has 4 aliphatic rings. The summed E-state index contributed by atoms with van der Waals surface area (Å²) >= 11 is 3.62. The van der Waals surface area contributed by atoms with Gasteiger partial charge in [0.2, 0.25) is 14.3 Å². The second kappa shape index (κ2) is 13.2. The molecule has 0 unspecified atom stereocenters. The van der Waals surface area contributed by atoms with Gasteiger partial charge in [0.05, 0.1) is 48.7 Å². The van der Waals surface area contributed by atoms with E-state index in [-0.39, 0.29) is 37.3 Å². The molecule has 9 rings (SSSR count). The number of benzene rings is 5. The number of rotatable bonds is 7. The third-order valence-electron chi connectivity index (χ3n) is 12.3. The molecule has 5 aromatic carbocycles. The Hall–Kier alpha value is -4.68. The Morgan fingerprint density at radius 1 is 0.945 bits per heavy atom. The van der Waals surface area contributed by atoms with Crippen molar-refractivity contribution in [1.29, 1.82) is 0 Å². The fourth-order valence-electron chi connectivity index (χ4n) is 9.86. The lowest BCUT2D eigenvalue weighted by Crippen LogP contribution is -2.48. The molecule has 280 valence electrons. The number of carbonyl (C=O) groups is 3. The summed E-state index contributed by atoms with van der Waals surface area (Å²) in [5.74, 6) is -1.21. The van der Waals surface area contributed by atoms with Gasteiger partial charge in [-0.15, -0.1) is 0 Å². The third kappa shape index (κ3) is 5.61. The summed E-state index contributed by atoms with van der Waals surface area (Å²) in [7, 11) is -3.54.